The van der Waals surface area contributed by atoms with Gasteiger partial charge in [0.1, 0.15) is 5.76 Å². The molecule has 1 aromatic heterocycles. The van der Waals surface area contributed by atoms with Gasteiger partial charge in [-0.3, -0.25) is 14.5 Å². The molecule has 0 spiro atoms. The van der Waals surface area contributed by atoms with Gasteiger partial charge in [-0.2, -0.15) is 0 Å². The van der Waals surface area contributed by atoms with Crippen LogP contribution in [0.15, 0.2) is 16.5 Å². The molecule has 0 saturated heterocycles. The second kappa shape index (κ2) is 6.42. The Morgan fingerprint density at radius 2 is 2.00 bits per heavy atom. The van der Waals surface area contributed by atoms with Gasteiger partial charge in [0.2, 0.25) is 0 Å². The van der Waals surface area contributed by atoms with Gasteiger partial charge in [0.05, 0.1) is 13.7 Å². The van der Waals surface area contributed by atoms with E-state index < -0.39 is 0 Å². The van der Waals surface area contributed by atoms with Gasteiger partial charge in [0.25, 0.3) is 0 Å². The second-order valence-corrected chi connectivity index (χ2v) is 3.71. The summed E-state index contributed by atoms with van der Waals surface area (Å²) >= 11 is 0. The van der Waals surface area contributed by atoms with Crippen LogP contribution in [0.25, 0.3) is 0 Å². The Bertz CT molecular complexity index is 358. The van der Waals surface area contributed by atoms with Crippen LogP contribution in [0.1, 0.15) is 30.2 Å². The zero-order valence-corrected chi connectivity index (χ0v) is 10.9. The third-order valence-electron chi connectivity index (χ3n) is 2.71. The summed E-state index contributed by atoms with van der Waals surface area (Å²) < 4.78 is 5.49. The smallest absolute Gasteiger partial charge is 0.312 e. The summed E-state index contributed by atoms with van der Waals surface area (Å²) in [5, 5.41) is 1.14. The van der Waals surface area contributed by atoms with Crippen molar-refractivity contribution in [3.05, 3.63) is 23.7 Å². The maximum atomic E-state index is 11.7. The van der Waals surface area contributed by atoms with Crippen LogP contribution in [0.5, 0.6) is 0 Å². The Morgan fingerprint density at radius 3 is 2.53 bits per heavy atom. The molecule has 1 rings (SSSR count). The molecular weight excluding hydrogens is 220 g/mol. The molecular formula is C12H20N2O3. The van der Waals surface area contributed by atoms with E-state index >= 15 is 0 Å². The maximum absolute atomic E-state index is 11.7. The third kappa shape index (κ3) is 3.57. The van der Waals surface area contributed by atoms with Crippen molar-refractivity contribution in [3.63, 3.8) is 0 Å². The molecule has 96 valence electrons. The van der Waals surface area contributed by atoms with Gasteiger partial charge in [0, 0.05) is 7.05 Å². The van der Waals surface area contributed by atoms with E-state index in [9.17, 15) is 4.79 Å². The summed E-state index contributed by atoms with van der Waals surface area (Å²) in [6.07, 6.45) is 0. The van der Waals surface area contributed by atoms with Crippen LogP contribution in [0.4, 0.5) is 0 Å². The summed E-state index contributed by atoms with van der Waals surface area (Å²) in [4.78, 5) is 18.7. The van der Waals surface area contributed by atoms with Crippen molar-refractivity contribution in [3.8, 4) is 0 Å². The fourth-order valence-corrected chi connectivity index (χ4v) is 1.48. The van der Waals surface area contributed by atoms with E-state index in [0.29, 0.717) is 5.76 Å². The Morgan fingerprint density at radius 1 is 1.35 bits per heavy atom. The molecule has 0 aliphatic heterocycles. The van der Waals surface area contributed by atoms with E-state index in [1.54, 1.807) is 13.1 Å². The quantitative estimate of drug-likeness (QED) is 0.711. The number of furan rings is 1. The van der Waals surface area contributed by atoms with Gasteiger partial charge in [-0.1, -0.05) is 13.8 Å². The number of rotatable bonds is 6. The van der Waals surface area contributed by atoms with Crippen molar-refractivity contribution >= 4 is 5.91 Å². The average Bonchev–Trinajstić information content (AvgIpc) is 2.82. The van der Waals surface area contributed by atoms with Gasteiger partial charge in [0.15, 0.2) is 5.76 Å². The van der Waals surface area contributed by atoms with Crippen molar-refractivity contribution in [2.75, 3.05) is 27.2 Å². The van der Waals surface area contributed by atoms with Crippen LogP contribution in [-0.4, -0.2) is 43.1 Å². The van der Waals surface area contributed by atoms with Crippen LogP contribution in [-0.2, 0) is 11.4 Å². The van der Waals surface area contributed by atoms with Crippen molar-refractivity contribution in [2.45, 2.75) is 20.4 Å². The number of hydrogen-bond donors (Lipinski definition) is 0. The highest BCUT2D eigenvalue weighted by atomic mass is 16.7. The first-order valence-corrected chi connectivity index (χ1v) is 5.75. The molecule has 0 N–H and O–H groups in total. The molecule has 17 heavy (non-hydrogen) atoms. The molecule has 0 atom stereocenters. The first-order chi connectivity index (χ1) is 8.12. The predicted octanol–water partition coefficient (Wildman–Crippen LogP) is 1.75. The molecule has 1 aromatic rings. The highest BCUT2D eigenvalue weighted by Gasteiger charge is 2.16. The van der Waals surface area contributed by atoms with Crippen molar-refractivity contribution < 1.29 is 14.0 Å². The summed E-state index contributed by atoms with van der Waals surface area (Å²) in [7, 11) is 2.99. The van der Waals surface area contributed by atoms with E-state index in [-0.39, 0.29) is 5.91 Å². The molecule has 5 nitrogen and oxygen atoms in total. The monoisotopic (exact) mass is 240 g/mol. The molecule has 0 radical (unpaired) electrons. The van der Waals surface area contributed by atoms with E-state index in [1.807, 2.05) is 6.07 Å². The zero-order valence-electron chi connectivity index (χ0n) is 10.9. The molecule has 0 aromatic carbocycles. The fourth-order valence-electron chi connectivity index (χ4n) is 1.48. The lowest BCUT2D eigenvalue weighted by molar-refractivity contribution is -0.0774. The first kappa shape index (κ1) is 13.7. The minimum atomic E-state index is -0.279. The molecule has 0 fully saturated rings. The third-order valence-corrected chi connectivity index (χ3v) is 2.71. The summed E-state index contributed by atoms with van der Waals surface area (Å²) in [5.74, 6) is 0.816. The first-order valence-electron chi connectivity index (χ1n) is 5.75. The molecule has 0 saturated carbocycles. The predicted molar refractivity (Wildman–Crippen MR) is 64.4 cm³/mol. The molecule has 1 amide bonds. The van der Waals surface area contributed by atoms with Gasteiger partial charge >= 0.3 is 5.91 Å². The molecule has 0 aliphatic rings. The molecule has 0 aliphatic carbocycles. The maximum Gasteiger partial charge on any atom is 0.312 e. The molecule has 0 unspecified atom stereocenters. The van der Waals surface area contributed by atoms with E-state index in [4.69, 9.17) is 9.25 Å². The highest BCUT2D eigenvalue weighted by Crippen LogP contribution is 2.12. The number of amides is 1. The van der Waals surface area contributed by atoms with Crippen molar-refractivity contribution in [2.24, 2.45) is 0 Å². The van der Waals surface area contributed by atoms with Gasteiger partial charge < -0.3 is 4.42 Å². The second-order valence-electron chi connectivity index (χ2n) is 3.71. The minimum Gasteiger partial charge on any atom is -0.454 e. The van der Waals surface area contributed by atoms with Gasteiger partial charge in [-0.15, -0.1) is 0 Å². The van der Waals surface area contributed by atoms with Gasteiger partial charge in [-0.05, 0) is 25.2 Å². The van der Waals surface area contributed by atoms with E-state index in [0.717, 1.165) is 30.5 Å². The summed E-state index contributed by atoms with van der Waals surface area (Å²) in [6.45, 7) is 6.82. The van der Waals surface area contributed by atoms with E-state index in [2.05, 4.69) is 18.7 Å². The van der Waals surface area contributed by atoms with E-state index in [1.165, 1.54) is 7.11 Å². The number of carbonyl (C=O) groups excluding carboxylic acids is 1. The lowest BCUT2D eigenvalue weighted by Gasteiger charge is -2.16. The molecule has 5 heteroatoms. The topological polar surface area (TPSA) is 45.9 Å². The summed E-state index contributed by atoms with van der Waals surface area (Å²) in [6, 6.07) is 3.51. The summed E-state index contributed by atoms with van der Waals surface area (Å²) in [5.41, 5.74) is 0. The van der Waals surface area contributed by atoms with Crippen LogP contribution in [0.3, 0.4) is 0 Å². The van der Waals surface area contributed by atoms with Crippen LogP contribution >= 0.6 is 0 Å². The standard InChI is InChI=1S/C12H20N2O3/c1-5-14(6-2)9-10-7-8-11(17-10)12(15)13(3)16-4/h7-8H,5-6,9H2,1-4H3. The van der Waals surface area contributed by atoms with Crippen molar-refractivity contribution in [1.82, 2.24) is 9.96 Å². The van der Waals surface area contributed by atoms with Crippen molar-refractivity contribution in [1.29, 1.82) is 0 Å². The molecule has 0 bridgehead atoms. The Balaban J connectivity index is 2.68. The number of nitrogens with zero attached hydrogens (tertiary/aromatic N) is 2. The Hall–Kier alpha value is -1.33. The highest BCUT2D eigenvalue weighted by molar-refractivity contribution is 5.90. The lowest BCUT2D eigenvalue weighted by Crippen LogP contribution is -2.25. The molecule has 1 heterocycles. The fraction of sp³-hybridized carbons (Fsp3) is 0.583. The van der Waals surface area contributed by atoms with Crippen LogP contribution in [0.2, 0.25) is 0 Å². The number of carbonyl (C=O) groups is 1. The lowest BCUT2D eigenvalue weighted by atomic mass is 10.4. The number of hydrogen-bond acceptors (Lipinski definition) is 4. The average molecular weight is 240 g/mol. The normalized spacial score (nSPS) is 10.9. The largest absolute Gasteiger partial charge is 0.454 e. The van der Waals surface area contributed by atoms with Gasteiger partial charge in [-0.25, -0.2) is 5.06 Å². The Labute approximate surface area is 102 Å². The minimum absolute atomic E-state index is 0.279. The Kier molecular flexibility index (Phi) is 5.18. The number of hydroxylamine groups is 2. The van der Waals surface area contributed by atoms with Crippen LogP contribution < -0.4 is 0 Å². The SMILES string of the molecule is CCN(CC)Cc1ccc(C(=O)N(C)OC)o1. The zero-order chi connectivity index (χ0) is 12.8. The van der Waals surface area contributed by atoms with Crippen LogP contribution in [0, 0.1) is 0 Å².